The third-order valence-corrected chi connectivity index (χ3v) is 6.52. The smallest absolute Gasteiger partial charge is 0.328 e. The van der Waals surface area contributed by atoms with Crippen molar-refractivity contribution in [3.05, 3.63) is 0 Å². The monoisotopic (exact) mass is 422 g/mol. The molecule has 0 saturated carbocycles. The first-order chi connectivity index (χ1) is 14.6. The van der Waals surface area contributed by atoms with E-state index in [-0.39, 0.29) is 17.8 Å². The molecule has 0 aromatic heterocycles. The van der Waals surface area contributed by atoms with Crippen LogP contribution in [0, 0.1) is 0 Å². The van der Waals surface area contributed by atoms with E-state index in [0.717, 1.165) is 65.0 Å². The molecule has 3 heterocycles. The van der Waals surface area contributed by atoms with Gasteiger partial charge in [0.1, 0.15) is 6.04 Å². The van der Waals surface area contributed by atoms with E-state index in [1.165, 1.54) is 12.8 Å². The molecule has 1 unspecified atom stereocenters. The molecule has 8 nitrogen and oxygen atoms in total. The van der Waals surface area contributed by atoms with Crippen LogP contribution < -0.4 is 0 Å². The molecule has 0 radical (unpaired) electrons. The molecule has 0 bridgehead atoms. The Labute approximate surface area is 180 Å². The van der Waals surface area contributed by atoms with Gasteiger partial charge < -0.3 is 14.5 Å². The number of esters is 1. The van der Waals surface area contributed by atoms with Crippen LogP contribution >= 0.6 is 0 Å². The Balaban J connectivity index is 1.42. The molecule has 3 saturated heterocycles. The van der Waals surface area contributed by atoms with Gasteiger partial charge in [0.05, 0.1) is 19.7 Å². The van der Waals surface area contributed by atoms with Crippen molar-refractivity contribution >= 4 is 17.8 Å². The fourth-order valence-corrected chi connectivity index (χ4v) is 4.71. The average Bonchev–Trinajstić information content (AvgIpc) is 3.05. The number of hydrogen-bond acceptors (Lipinski definition) is 6. The summed E-state index contributed by atoms with van der Waals surface area (Å²) < 4.78 is 5.17. The number of rotatable bonds is 6. The number of hydrogen-bond donors (Lipinski definition) is 0. The highest BCUT2D eigenvalue weighted by Crippen LogP contribution is 2.19. The molecule has 3 aliphatic heterocycles. The van der Waals surface area contributed by atoms with E-state index in [2.05, 4.69) is 9.80 Å². The van der Waals surface area contributed by atoms with Crippen molar-refractivity contribution in [1.82, 2.24) is 19.6 Å². The van der Waals surface area contributed by atoms with E-state index < -0.39 is 6.04 Å². The van der Waals surface area contributed by atoms with Gasteiger partial charge in [-0.05, 0) is 39.0 Å². The van der Waals surface area contributed by atoms with E-state index in [1.54, 1.807) is 11.8 Å². The van der Waals surface area contributed by atoms with Gasteiger partial charge in [-0.25, -0.2) is 4.79 Å². The molecule has 0 aliphatic carbocycles. The van der Waals surface area contributed by atoms with Crippen molar-refractivity contribution < 1.29 is 19.1 Å². The number of nitrogens with zero attached hydrogens (tertiary/aromatic N) is 4. The van der Waals surface area contributed by atoms with E-state index in [0.29, 0.717) is 32.7 Å². The van der Waals surface area contributed by atoms with Crippen molar-refractivity contribution in [2.45, 2.75) is 57.9 Å². The summed E-state index contributed by atoms with van der Waals surface area (Å²) in [6.45, 7) is 8.53. The Morgan fingerprint density at radius 2 is 1.30 bits per heavy atom. The maximum absolute atomic E-state index is 12.9. The van der Waals surface area contributed by atoms with Gasteiger partial charge in [0.2, 0.25) is 11.8 Å². The van der Waals surface area contributed by atoms with E-state index in [9.17, 15) is 14.4 Å². The summed E-state index contributed by atoms with van der Waals surface area (Å²) in [6, 6.07) is -0.432. The summed E-state index contributed by atoms with van der Waals surface area (Å²) in [4.78, 5) is 45.8. The maximum Gasteiger partial charge on any atom is 0.328 e. The van der Waals surface area contributed by atoms with Crippen molar-refractivity contribution in [3.63, 3.8) is 0 Å². The van der Waals surface area contributed by atoms with Crippen LogP contribution in [-0.4, -0.2) is 109 Å². The minimum absolute atomic E-state index is 0.0156. The Kier molecular flexibility index (Phi) is 8.93. The number of carbonyl (C=O) groups excluding carboxylic acids is 3. The van der Waals surface area contributed by atoms with Crippen LogP contribution in [0.1, 0.15) is 51.9 Å². The van der Waals surface area contributed by atoms with Gasteiger partial charge in [-0.15, -0.1) is 0 Å². The van der Waals surface area contributed by atoms with Gasteiger partial charge in [0.15, 0.2) is 0 Å². The summed E-state index contributed by atoms with van der Waals surface area (Å²) in [5, 5.41) is 0. The predicted molar refractivity (Wildman–Crippen MR) is 114 cm³/mol. The predicted octanol–water partition coefficient (Wildman–Crippen LogP) is 0.951. The Hall–Kier alpha value is -1.67. The molecule has 3 rings (SSSR count). The second-order valence-electron chi connectivity index (χ2n) is 8.70. The highest BCUT2D eigenvalue weighted by Gasteiger charge is 2.34. The van der Waals surface area contributed by atoms with Crippen LogP contribution in [0.25, 0.3) is 0 Å². The SMILES string of the molecule is CCOC(=O)C1CCCCN1C(=O)CN1CCN(CC(=O)N2CCCCCC2)CC1. The largest absolute Gasteiger partial charge is 0.464 e. The summed E-state index contributed by atoms with van der Waals surface area (Å²) in [7, 11) is 0. The van der Waals surface area contributed by atoms with Crippen LogP contribution in [0.5, 0.6) is 0 Å². The first-order valence-electron chi connectivity index (χ1n) is 11.8. The lowest BCUT2D eigenvalue weighted by atomic mass is 10.0. The molecule has 0 aromatic rings. The zero-order valence-corrected chi connectivity index (χ0v) is 18.5. The summed E-state index contributed by atoms with van der Waals surface area (Å²) in [5.74, 6) is -0.0173. The number of piperidine rings is 1. The number of piperazine rings is 1. The fourth-order valence-electron chi connectivity index (χ4n) is 4.71. The van der Waals surface area contributed by atoms with Gasteiger partial charge in [-0.2, -0.15) is 0 Å². The molecule has 0 spiro atoms. The third-order valence-electron chi connectivity index (χ3n) is 6.52. The topological polar surface area (TPSA) is 73.4 Å². The van der Waals surface area contributed by atoms with E-state index in [1.807, 2.05) is 4.90 Å². The lowest BCUT2D eigenvalue weighted by Crippen LogP contribution is -2.55. The average molecular weight is 423 g/mol. The van der Waals surface area contributed by atoms with Crippen molar-refractivity contribution in [2.75, 3.05) is 65.5 Å². The molecule has 30 heavy (non-hydrogen) atoms. The first kappa shape index (κ1) is 23.0. The molecule has 0 aromatic carbocycles. The zero-order valence-electron chi connectivity index (χ0n) is 18.5. The summed E-state index contributed by atoms with van der Waals surface area (Å²) >= 11 is 0. The quantitative estimate of drug-likeness (QED) is 0.594. The number of amides is 2. The van der Waals surface area contributed by atoms with Crippen LogP contribution in [0.3, 0.4) is 0 Å². The zero-order chi connectivity index (χ0) is 21.3. The summed E-state index contributed by atoms with van der Waals surface area (Å²) in [6.07, 6.45) is 7.27. The van der Waals surface area contributed by atoms with Gasteiger partial charge in [0.25, 0.3) is 0 Å². The maximum atomic E-state index is 12.9. The van der Waals surface area contributed by atoms with Crippen molar-refractivity contribution in [2.24, 2.45) is 0 Å². The Morgan fingerprint density at radius 3 is 1.90 bits per heavy atom. The number of carbonyl (C=O) groups is 3. The minimum atomic E-state index is -0.432. The molecular formula is C22H38N4O4. The van der Waals surface area contributed by atoms with Crippen LogP contribution in [0.15, 0.2) is 0 Å². The lowest BCUT2D eigenvalue weighted by Gasteiger charge is -2.38. The first-order valence-corrected chi connectivity index (χ1v) is 11.8. The van der Waals surface area contributed by atoms with Crippen molar-refractivity contribution in [3.8, 4) is 0 Å². The van der Waals surface area contributed by atoms with Gasteiger partial charge in [0, 0.05) is 45.8 Å². The highest BCUT2D eigenvalue weighted by atomic mass is 16.5. The Morgan fingerprint density at radius 1 is 0.733 bits per heavy atom. The van der Waals surface area contributed by atoms with Gasteiger partial charge in [-0.1, -0.05) is 12.8 Å². The van der Waals surface area contributed by atoms with Crippen LogP contribution in [-0.2, 0) is 19.1 Å². The minimum Gasteiger partial charge on any atom is -0.464 e. The standard InChI is InChI=1S/C22H38N4O4/c1-2-30-22(29)19-9-5-8-12-26(19)21(28)18-24-15-13-23(14-16-24)17-20(27)25-10-6-3-4-7-11-25/h19H,2-18H2,1H3. The highest BCUT2D eigenvalue weighted by molar-refractivity contribution is 5.86. The Bertz CT molecular complexity index is 584. The molecule has 3 fully saturated rings. The number of ether oxygens (including phenoxy) is 1. The normalized spacial score (nSPS) is 24.4. The van der Waals surface area contributed by atoms with Crippen LogP contribution in [0.2, 0.25) is 0 Å². The van der Waals surface area contributed by atoms with Crippen molar-refractivity contribution in [1.29, 1.82) is 0 Å². The van der Waals surface area contributed by atoms with Crippen LogP contribution in [0.4, 0.5) is 0 Å². The molecule has 0 N–H and O–H groups in total. The molecule has 8 heteroatoms. The molecule has 1 atom stereocenters. The fraction of sp³-hybridized carbons (Fsp3) is 0.864. The van der Waals surface area contributed by atoms with Gasteiger partial charge in [-0.3, -0.25) is 19.4 Å². The molecular weight excluding hydrogens is 384 g/mol. The molecule has 170 valence electrons. The van der Waals surface area contributed by atoms with Gasteiger partial charge >= 0.3 is 5.97 Å². The summed E-state index contributed by atoms with van der Waals surface area (Å²) in [5.41, 5.74) is 0. The number of likely N-dealkylation sites (tertiary alicyclic amines) is 2. The van der Waals surface area contributed by atoms with E-state index >= 15 is 0 Å². The lowest BCUT2D eigenvalue weighted by molar-refractivity contribution is -0.157. The van der Waals surface area contributed by atoms with E-state index in [4.69, 9.17) is 4.74 Å². The molecule has 2 amide bonds. The molecule has 3 aliphatic rings. The second kappa shape index (κ2) is 11.6. The third kappa shape index (κ3) is 6.41. The second-order valence-corrected chi connectivity index (χ2v) is 8.70.